The highest BCUT2D eigenvalue weighted by Crippen LogP contribution is 2.32. The number of aryl methyl sites for hydroxylation is 1. The maximum atomic E-state index is 12.7. The predicted octanol–water partition coefficient (Wildman–Crippen LogP) is 3.25. The number of nitrogens with zero attached hydrogens (tertiary/aromatic N) is 1. The minimum atomic E-state index is -3.46. The highest BCUT2D eigenvalue weighted by molar-refractivity contribution is 9.11. The molecule has 1 aromatic heterocycles. The minimum Gasteiger partial charge on any atom is -0.383 e. The number of hydrogen-bond acceptors (Lipinski definition) is 4. The monoisotopic (exact) mass is 369 g/mol. The zero-order valence-electron chi connectivity index (χ0n) is 11.6. The van der Waals surface area contributed by atoms with Gasteiger partial charge in [0.1, 0.15) is 0 Å². The molecule has 1 heterocycles. The molecule has 19 heavy (non-hydrogen) atoms. The molecule has 4 nitrogen and oxygen atoms in total. The Morgan fingerprint density at radius 1 is 1.53 bits per heavy atom. The zero-order valence-corrected chi connectivity index (χ0v) is 14.9. The Morgan fingerprint density at radius 3 is 2.58 bits per heavy atom. The lowest BCUT2D eigenvalue weighted by molar-refractivity contribution is 0.167. The standard InChI is InChI=1S/C12H20BrNO3S2/c1-5-9(2)14(6-7-17-4)19(15,16)11-8-12(13)18-10(11)3/h8-9H,5-7H2,1-4H3. The van der Waals surface area contributed by atoms with Crippen LogP contribution in [0.2, 0.25) is 0 Å². The summed E-state index contributed by atoms with van der Waals surface area (Å²) in [5.74, 6) is 0. The Morgan fingerprint density at radius 2 is 2.16 bits per heavy atom. The van der Waals surface area contributed by atoms with Crippen LogP contribution in [0.5, 0.6) is 0 Å². The summed E-state index contributed by atoms with van der Waals surface area (Å²) in [5.41, 5.74) is 0. The number of hydrogen-bond donors (Lipinski definition) is 0. The van der Waals surface area contributed by atoms with Crippen molar-refractivity contribution < 1.29 is 13.2 Å². The fourth-order valence-electron chi connectivity index (χ4n) is 1.78. The maximum absolute atomic E-state index is 12.7. The summed E-state index contributed by atoms with van der Waals surface area (Å²) in [5, 5.41) is 0. The number of thiophene rings is 1. The Labute approximate surface area is 127 Å². The summed E-state index contributed by atoms with van der Waals surface area (Å²) in [6, 6.07) is 1.63. The number of methoxy groups -OCH3 is 1. The third-order valence-corrected chi connectivity index (χ3v) is 6.85. The van der Waals surface area contributed by atoms with Crippen molar-refractivity contribution in [3.63, 3.8) is 0 Å². The molecule has 0 radical (unpaired) electrons. The summed E-state index contributed by atoms with van der Waals surface area (Å²) < 4.78 is 32.8. The van der Waals surface area contributed by atoms with Crippen LogP contribution in [0.4, 0.5) is 0 Å². The van der Waals surface area contributed by atoms with Gasteiger partial charge in [-0.15, -0.1) is 11.3 Å². The average molecular weight is 370 g/mol. The molecule has 1 aromatic rings. The molecule has 0 fully saturated rings. The van der Waals surface area contributed by atoms with Crippen LogP contribution in [0.1, 0.15) is 25.1 Å². The normalized spacial score (nSPS) is 14.0. The van der Waals surface area contributed by atoms with Crippen molar-refractivity contribution in [2.24, 2.45) is 0 Å². The van der Waals surface area contributed by atoms with Crippen LogP contribution in [0.3, 0.4) is 0 Å². The second kappa shape index (κ2) is 7.17. The lowest BCUT2D eigenvalue weighted by atomic mass is 10.3. The van der Waals surface area contributed by atoms with Crippen molar-refractivity contribution in [3.8, 4) is 0 Å². The van der Waals surface area contributed by atoms with Gasteiger partial charge < -0.3 is 4.74 Å². The molecule has 1 atom stereocenters. The highest BCUT2D eigenvalue weighted by atomic mass is 79.9. The van der Waals surface area contributed by atoms with E-state index >= 15 is 0 Å². The van der Waals surface area contributed by atoms with Crippen molar-refractivity contribution in [2.45, 2.75) is 38.1 Å². The van der Waals surface area contributed by atoms with Gasteiger partial charge in [0, 0.05) is 24.6 Å². The summed E-state index contributed by atoms with van der Waals surface area (Å²) in [7, 11) is -1.88. The number of ether oxygens (including phenoxy) is 1. The fourth-order valence-corrected chi connectivity index (χ4v) is 5.85. The molecular formula is C12H20BrNO3S2. The molecule has 0 N–H and O–H groups in total. The Bertz CT molecular complexity index is 513. The van der Waals surface area contributed by atoms with E-state index in [9.17, 15) is 8.42 Å². The molecule has 0 bridgehead atoms. The van der Waals surface area contributed by atoms with Gasteiger partial charge in [0.2, 0.25) is 10.0 Å². The van der Waals surface area contributed by atoms with Crippen LogP contribution >= 0.6 is 27.3 Å². The van der Waals surface area contributed by atoms with Gasteiger partial charge in [-0.2, -0.15) is 4.31 Å². The molecule has 0 saturated heterocycles. The molecule has 0 amide bonds. The first-order valence-corrected chi connectivity index (χ1v) is 9.16. The molecule has 110 valence electrons. The van der Waals surface area contributed by atoms with Crippen LogP contribution < -0.4 is 0 Å². The Balaban J connectivity index is 3.15. The summed E-state index contributed by atoms with van der Waals surface area (Å²) >= 11 is 4.78. The predicted molar refractivity (Wildman–Crippen MR) is 82.3 cm³/mol. The first-order valence-electron chi connectivity index (χ1n) is 6.11. The quantitative estimate of drug-likeness (QED) is 0.740. The largest absolute Gasteiger partial charge is 0.383 e. The molecule has 1 rings (SSSR count). The molecule has 0 aromatic carbocycles. The topological polar surface area (TPSA) is 46.6 Å². The van der Waals surface area contributed by atoms with Gasteiger partial charge in [-0.25, -0.2) is 8.42 Å². The molecule has 0 aliphatic heterocycles. The smallest absolute Gasteiger partial charge is 0.244 e. The number of rotatable bonds is 7. The summed E-state index contributed by atoms with van der Waals surface area (Å²) in [4.78, 5) is 1.19. The SMILES string of the molecule is CCC(C)N(CCOC)S(=O)(=O)c1cc(Br)sc1C. The van der Waals surface area contributed by atoms with Crippen molar-refractivity contribution in [1.29, 1.82) is 0 Å². The molecule has 0 spiro atoms. The maximum Gasteiger partial charge on any atom is 0.244 e. The van der Waals surface area contributed by atoms with E-state index in [1.54, 1.807) is 13.2 Å². The number of halogens is 1. The van der Waals surface area contributed by atoms with Crippen LogP contribution in [0, 0.1) is 6.92 Å². The van der Waals surface area contributed by atoms with Crippen LogP contribution in [-0.2, 0) is 14.8 Å². The highest BCUT2D eigenvalue weighted by Gasteiger charge is 2.30. The molecular weight excluding hydrogens is 350 g/mol. The second-order valence-electron chi connectivity index (χ2n) is 4.34. The average Bonchev–Trinajstić information content (AvgIpc) is 2.69. The summed E-state index contributed by atoms with van der Waals surface area (Å²) in [6.45, 7) is 6.50. The third kappa shape index (κ3) is 4.01. The lowest BCUT2D eigenvalue weighted by Gasteiger charge is -2.27. The van der Waals surface area contributed by atoms with Crippen molar-refractivity contribution in [1.82, 2.24) is 4.31 Å². The van der Waals surface area contributed by atoms with E-state index < -0.39 is 10.0 Å². The van der Waals surface area contributed by atoms with E-state index in [-0.39, 0.29) is 6.04 Å². The molecule has 0 saturated carbocycles. The van der Waals surface area contributed by atoms with E-state index in [0.717, 1.165) is 15.1 Å². The van der Waals surface area contributed by atoms with Gasteiger partial charge in [-0.05, 0) is 42.3 Å². The van der Waals surface area contributed by atoms with E-state index in [2.05, 4.69) is 15.9 Å². The second-order valence-corrected chi connectivity index (χ2v) is 8.83. The van der Waals surface area contributed by atoms with Gasteiger partial charge in [0.15, 0.2) is 0 Å². The van der Waals surface area contributed by atoms with Crippen molar-refractivity contribution >= 4 is 37.3 Å². The molecule has 1 unspecified atom stereocenters. The van der Waals surface area contributed by atoms with Crippen molar-refractivity contribution in [2.75, 3.05) is 20.3 Å². The van der Waals surface area contributed by atoms with Crippen LogP contribution in [0.25, 0.3) is 0 Å². The Kier molecular flexibility index (Phi) is 6.46. The Hall–Kier alpha value is 0.0500. The first kappa shape index (κ1) is 17.1. The van der Waals surface area contributed by atoms with Gasteiger partial charge in [0.05, 0.1) is 15.3 Å². The number of sulfonamides is 1. The zero-order chi connectivity index (χ0) is 14.6. The third-order valence-electron chi connectivity index (χ3n) is 3.03. The van der Waals surface area contributed by atoms with E-state index in [4.69, 9.17) is 4.74 Å². The van der Waals surface area contributed by atoms with Crippen LogP contribution in [0.15, 0.2) is 14.7 Å². The lowest BCUT2D eigenvalue weighted by Crippen LogP contribution is -2.40. The van der Waals surface area contributed by atoms with Gasteiger partial charge >= 0.3 is 0 Å². The van der Waals surface area contributed by atoms with Gasteiger partial charge in [-0.3, -0.25) is 0 Å². The fraction of sp³-hybridized carbons (Fsp3) is 0.667. The summed E-state index contributed by atoms with van der Waals surface area (Å²) in [6.07, 6.45) is 0.771. The van der Waals surface area contributed by atoms with Gasteiger partial charge in [-0.1, -0.05) is 6.92 Å². The van der Waals surface area contributed by atoms with Crippen LogP contribution in [-0.4, -0.2) is 39.0 Å². The molecule has 7 heteroatoms. The van der Waals surface area contributed by atoms with E-state index in [1.165, 1.54) is 15.6 Å². The molecule has 0 aliphatic rings. The molecule has 0 aliphatic carbocycles. The van der Waals surface area contributed by atoms with Crippen molar-refractivity contribution in [3.05, 3.63) is 14.7 Å². The van der Waals surface area contributed by atoms with E-state index in [1.807, 2.05) is 20.8 Å². The van der Waals surface area contributed by atoms with E-state index in [0.29, 0.717) is 18.0 Å². The minimum absolute atomic E-state index is 0.0433. The van der Waals surface area contributed by atoms with Gasteiger partial charge in [0.25, 0.3) is 0 Å². The first-order chi connectivity index (χ1) is 8.84.